The molecule has 1 aliphatic rings. The highest BCUT2D eigenvalue weighted by Crippen LogP contribution is 2.27. The third-order valence-corrected chi connectivity index (χ3v) is 5.38. The van der Waals surface area contributed by atoms with Crippen LogP contribution in [0.25, 0.3) is 0 Å². The molecule has 1 fully saturated rings. The highest BCUT2D eigenvalue weighted by atomic mass is 16.4. The summed E-state index contributed by atoms with van der Waals surface area (Å²) in [4.78, 5) is 50.8. The number of hydrogen-bond donors (Lipinski definition) is 2. The van der Waals surface area contributed by atoms with Crippen molar-refractivity contribution in [2.24, 2.45) is 0 Å². The second-order valence-electron chi connectivity index (χ2n) is 7.58. The number of aldehydes is 1. The second-order valence-corrected chi connectivity index (χ2v) is 7.58. The number of hydrogen-bond acceptors (Lipinski definition) is 7. The first-order chi connectivity index (χ1) is 13.2. The molecule has 2 N–H and O–H groups in total. The van der Waals surface area contributed by atoms with E-state index in [-0.39, 0.29) is 25.4 Å². The highest BCUT2D eigenvalue weighted by molar-refractivity contribution is 5.77. The lowest BCUT2D eigenvalue weighted by atomic mass is 9.88. The number of likely N-dealkylation sites (N-methyl/N-ethyl adjacent to an activating group) is 1. The Morgan fingerprint density at radius 3 is 2.29 bits per heavy atom. The van der Waals surface area contributed by atoms with Gasteiger partial charge in [-0.2, -0.15) is 0 Å². The summed E-state index contributed by atoms with van der Waals surface area (Å²) in [6.07, 6.45) is 3.87. The van der Waals surface area contributed by atoms with Gasteiger partial charge in [0.25, 0.3) is 0 Å². The van der Waals surface area contributed by atoms with Crippen molar-refractivity contribution in [1.82, 2.24) is 14.7 Å². The molecule has 1 aliphatic heterocycles. The van der Waals surface area contributed by atoms with E-state index < -0.39 is 17.5 Å². The van der Waals surface area contributed by atoms with Crippen LogP contribution in [0.5, 0.6) is 0 Å². The minimum Gasteiger partial charge on any atom is -0.480 e. The van der Waals surface area contributed by atoms with Crippen LogP contribution in [0, 0.1) is 0 Å². The molecule has 1 saturated heterocycles. The summed E-state index contributed by atoms with van der Waals surface area (Å²) in [5.74, 6) is -1.70. The number of carbonyl (C=O) groups excluding carboxylic acids is 2. The second kappa shape index (κ2) is 11.9. The number of rotatable bonds is 13. The van der Waals surface area contributed by atoms with E-state index in [1.165, 1.54) is 0 Å². The summed E-state index contributed by atoms with van der Waals surface area (Å²) in [6.45, 7) is 3.66. The summed E-state index contributed by atoms with van der Waals surface area (Å²) >= 11 is 0. The van der Waals surface area contributed by atoms with Gasteiger partial charge in [-0.05, 0) is 19.9 Å². The van der Waals surface area contributed by atoms with E-state index in [0.29, 0.717) is 51.9 Å². The molecule has 0 amide bonds. The van der Waals surface area contributed by atoms with Gasteiger partial charge in [-0.3, -0.25) is 29.1 Å². The smallest absolute Gasteiger partial charge is 0.317 e. The normalized spacial score (nSPS) is 21.4. The zero-order valence-corrected chi connectivity index (χ0v) is 16.9. The lowest BCUT2D eigenvalue weighted by Gasteiger charge is -2.44. The third kappa shape index (κ3) is 8.04. The maximum absolute atomic E-state index is 11.6. The first kappa shape index (κ1) is 24.2. The number of unbranched alkanes of at least 4 members (excludes halogenated alkanes) is 1. The van der Waals surface area contributed by atoms with E-state index in [2.05, 4.69) is 0 Å². The van der Waals surface area contributed by atoms with Gasteiger partial charge in [0.2, 0.25) is 0 Å². The van der Waals surface area contributed by atoms with Crippen LogP contribution in [0.15, 0.2) is 0 Å². The quantitative estimate of drug-likeness (QED) is 0.330. The van der Waals surface area contributed by atoms with Crippen LogP contribution < -0.4 is 0 Å². The summed E-state index contributed by atoms with van der Waals surface area (Å²) in [5, 5.41) is 18.5. The lowest BCUT2D eigenvalue weighted by molar-refractivity contribution is -0.142. The largest absolute Gasteiger partial charge is 0.480 e. The van der Waals surface area contributed by atoms with Gasteiger partial charge in [-0.15, -0.1) is 0 Å². The molecule has 160 valence electrons. The number of carbonyl (C=O) groups is 4. The molecule has 0 saturated carbocycles. The number of Topliss-reactive ketones (excluding diaryl/α,β-unsaturated/α-hetero) is 1. The minimum absolute atomic E-state index is 0.133. The molecule has 1 heterocycles. The van der Waals surface area contributed by atoms with E-state index in [0.717, 1.165) is 12.7 Å². The number of carboxylic acids is 2. The molecule has 0 bridgehead atoms. The third-order valence-electron chi connectivity index (χ3n) is 5.38. The van der Waals surface area contributed by atoms with Gasteiger partial charge in [0.15, 0.2) is 0 Å². The van der Waals surface area contributed by atoms with Gasteiger partial charge in [-0.25, -0.2) is 0 Å². The number of ketones is 1. The Kier molecular flexibility index (Phi) is 10.3. The standard InChI is InChI=1S/C19H33N3O6/c1-3-16(24)6-4-5-7-19(20(2)12-17(25)26)14-21(10-11-23)8-9-22(15-19)13-18(27)28/h11H,3-10,12-15H2,1-2H3,(H,25,26)(H,27,28). The Morgan fingerprint density at radius 1 is 1.07 bits per heavy atom. The zero-order valence-electron chi connectivity index (χ0n) is 16.9. The predicted molar refractivity (Wildman–Crippen MR) is 103 cm³/mol. The van der Waals surface area contributed by atoms with Crippen molar-refractivity contribution in [2.75, 3.05) is 52.9 Å². The van der Waals surface area contributed by atoms with Gasteiger partial charge in [-0.1, -0.05) is 13.3 Å². The number of nitrogens with zero attached hydrogens (tertiary/aromatic N) is 3. The monoisotopic (exact) mass is 399 g/mol. The van der Waals surface area contributed by atoms with Gasteiger partial charge < -0.3 is 15.0 Å². The Morgan fingerprint density at radius 2 is 1.71 bits per heavy atom. The molecule has 0 spiro atoms. The van der Waals surface area contributed by atoms with Crippen LogP contribution in [-0.2, 0) is 19.2 Å². The van der Waals surface area contributed by atoms with E-state index in [1.54, 1.807) is 11.9 Å². The fourth-order valence-electron chi connectivity index (χ4n) is 3.82. The van der Waals surface area contributed by atoms with Crippen molar-refractivity contribution in [1.29, 1.82) is 0 Å². The molecule has 0 aromatic rings. The summed E-state index contributed by atoms with van der Waals surface area (Å²) in [6, 6.07) is 0. The van der Waals surface area contributed by atoms with Gasteiger partial charge >= 0.3 is 11.9 Å². The van der Waals surface area contributed by atoms with Crippen LogP contribution in [0.3, 0.4) is 0 Å². The molecular formula is C19H33N3O6. The first-order valence-electron chi connectivity index (χ1n) is 9.77. The molecule has 9 nitrogen and oxygen atoms in total. The van der Waals surface area contributed by atoms with E-state index >= 15 is 0 Å². The van der Waals surface area contributed by atoms with Gasteiger partial charge in [0, 0.05) is 44.6 Å². The van der Waals surface area contributed by atoms with Crippen LogP contribution in [0.1, 0.15) is 39.0 Å². The van der Waals surface area contributed by atoms with Crippen molar-refractivity contribution in [3.05, 3.63) is 0 Å². The molecule has 1 unspecified atom stereocenters. The zero-order chi connectivity index (χ0) is 21.2. The average Bonchev–Trinajstić information content (AvgIpc) is 2.78. The average molecular weight is 399 g/mol. The van der Waals surface area contributed by atoms with Crippen LogP contribution in [0.2, 0.25) is 0 Å². The van der Waals surface area contributed by atoms with E-state index in [9.17, 15) is 29.4 Å². The Labute approximate surface area is 166 Å². The summed E-state index contributed by atoms with van der Waals surface area (Å²) < 4.78 is 0. The number of aliphatic carboxylic acids is 2. The molecule has 0 aromatic heterocycles. The molecule has 28 heavy (non-hydrogen) atoms. The van der Waals surface area contributed by atoms with Crippen molar-refractivity contribution in [2.45, 2.75) is 44.6 Å². The Balaban J connectivity index is 3.04. The van der Waals surface area contributed by atoms with Gasteiger partial charge in [0.05, 0.1) is 19.6 Å². The molecule has 0 radical (unpaired) electrons. The van der Waals surface area contributed by atoms with Gasteiger partial charge in [0.1, 0.15) is 12.1 Å². The SMILES string of the molecule is CCC(=O)CCCCC1(N(C)CC(=O)O)CN(CC=O)CCN(CC(=O)O)C1. The summed E-state index contributed by atoms with van der Waals surface area (Å²) in [7, 11) is 1.73. The summed E-state index contributed by atoms with van der Waals surface area (Å²) in [5.41, 5.74) is -0.609. The fourth-order valence-corrected chi connectivity index (χ4v) is 3.82. The molecule has 1 rings (SSSR count). The van der Waals surface area contributed by atoms with Crippen LogP contribution in [-0.4, -0.2) is 107 Å². The number of carboxylic acid groups (broad SMARTS) is 2. The predicted octanol–water partition coefficient (Wildman–Crippen LogP) is 0.182. The van der Waals surface area contributed by atoms with Crippen molar-refractivity contribution < 1.29 is 29.4 Å². The van der Waals surface area contributed by atoms with Crippen LogP contribution in [0.4, 0.5) is 0 Å². The first-order valence-corrected chi connectivity index (χ1v) is 9.77. The van der Waals surface area contributed by atoms with Crippen molar-refractivity contribution in [3.63, 3.8) is 0 Å². The Hall–Kier alpha value is -1.84. The molecule has 0 aliphatic carbocycles. The highest BCUT2D eigenvalue weighted by Gasteiger charge is 2.40. The molecule has 1 atom stereocenters. The van der Waals surface area contributed by atoms with Crippen molar-refractivity contribution in [3.8, 4) is 0 Å². The topological polar surface area (TPSA) is 118 Å². The maximum Gasteiger partial charge on any atom is 0.317 e. The van der Waals surface area contributed by atoms with E-state index in [4.69, 9.17) is 0 Å². The lowest BCUT2D eigenvalue weighted by Crippen LogP contribution is -2.59. The fraction of sp³-hybridized carbons (Fsp3) is 0.789. The maximum atomic E-state index is 11.6. The Bertz CT molecular complexity index is 556. The van der Waals surface area contributed by atoms with E-state index in [1.807, 2.05) is 16.7 Å². The molecule has 9 heteroatoms. The van der Waals surface area contributed by atoms with Crippen molar-refractivity contribution >= 4 is 24.0 Å². The van der Waals surface area contributed by atoms with Crippen LogP contribution >= 0.6 is 0 Å². The minimum atomic E-state index is -0.959. The molecular weight excluding hydrogens is 366 g/mol. The molecule has 0 aromatic carbocycles.